The summed E-state index contributed by atoms with van der Waals surface area (Å²) in [5.74, 6) is 5.64. The van der Waals surface area contributed by atoms with E-state index in [0.717, 1.165) is 32.6 Å². The first-order chi connectivity index (χ1) is 10.2. The number of benzene rings is 1. The molecule has 0 radical (unpaired) electrons. The van der Waals surface area contributed by atoms with Crippen molar-refractivity contribution in [1.29, 1.82) is 0 Å². The summed E-state index contributed by atoms with van der Waals surface area (Å²) in [7, 11) is 2.02. The highest BCUT2D eigenvalue weighted by atomic mass is 19.1. The molecule has 2 rings (SSSR count). The van der Waals surface area contributed by atoms with Crippen LogP contribution >= 0.6 is 0 Å². The van der Waals surface area contributed by atoms with Crippen LogP contribution in [0.4, 0.5) is 4.39 Å². The smallest absolute Gasteiger partial charge is 0.128 e. The topological polar surface area (TPSA) is 32.7 Å². The van der Waals surface area contributed by atoms with Crippen LogP contribution in [-0.2, 0) is 11.3 Å². The molecule has 1 aliphatic rings. The van der Waals surface area contributed by atoms with Crippen LogP contribution in [0.2, 0.25) is 0 Å². The zero-order valence-electron chi connectivity index (χ0n) is 12.4. The van der Waals surface area contributed by atoms with Crippen molar-refractivity contribution in [2.24, 2.45) is 5.92 Å². The summed E-state index contributed by atoms with van der Waals surface area (Å²) in [6.07, 6.45) is 2.17. The molecule has 1 aromatic carbocycles. The molecular formula is C17H22FNO2. The van der Waals surface area contributed by atoms with Gasteiger partial charge in [0, 0.05) is 37.4 Å². The van der Waals surface area contributed by atoms with Gasteiger partial charge in [-0.1, -0.05) is 17.9 Å². The van der Waals surface area contributed by atoms with Crippen molar-refractivity contribution in [1.82, 2.24) is 4.90 Å². The fourth-order valence-electron chi connectivity index (χ4n) is 2.62. The average molecular weight is 291 g/mol. The maximum atomic E-state index is 14.0. The number of nitrogens with zero attached hydrogens (tertiary/aromatic N) is 1. The van der Waals surface area contributed by atoms with E-state index in [9.17, 15) is 4.39 Å². The molecule has 1 fully saturated rings. The number of aliphatic hydroxyl groups excluding tert-OH is 1. The minimum atomic E-state index is -0.237. The van der Waals surface area contributed by atoms with Crippen LogP contribution in [-0.4, -0.2) is 43.4 Å². The maximum Gasteiger partial charge on any atom is 0.128 e. The molecule has 0 spiro atoms. The second-order valence-corrected chi connectivity index (χ2v) is 5.52. The van der Waals surface area contributed by atoms with Gasteiger partial charge in [0.1, 0.15) is 12.4 Å². The third-order valence-electron chi connectivity index (χ3n) is 3.72. The van der Waals surface area contributed by atoms with Gasteiger partial charge in [-0.25, -0.2) is 4.39 Å². The highest BCUT2D eigenvalue weighted by molar-refractivity contribution is 5.37. The van der Waals surface area contributed by atoms with Gasteiger partial charge in [0.25, 0.3) is 0 Å². The highest BCUT2D eigenvalue weighted by Gasteiger charge is 2.16. The first kappa shape index (κ1) is 16.0. The third kappa shape index (κ3) is 5.13. The van der Waals surface area contributed by atoms with Gasteiger partial charge in [0.2, 0.25) is 0 Å². The summed E-state index contributed by atoms with van der Waals surface area (Å²) in [6, 6.07) is 5.00. The van der Waals surface area contributed by atoms with Crippen molar-refractivity contribution in [3.63, 3.8) is 0 Å². The van der Waals surface area contributed by atoms with Crippen LogP contribution in [0.15, 0.2) is 18.2 Å². The Labute approximate surface area is 125 Å². The molecule has 4 heteroatoms. The summed E-state index contributed by atoms with van der Waals surface area (Å²) in [5, 5.41) is 8.64. The molecule has 3 nitrogen and oxygen atoms in total. The molecular weight excluding hydrogens is 269 g/mol. The Morgan fingerprint density at radius 2 is 2.14 bits per heavy atom. The SMILES string of the molecule is CN(Cc1ccc(C#CCO)cc1F)CC1CCOCC1. The van der Waals surface area contributed by atoms with Gasteiger partial charge in [-0.05, 0) is 37.9 Å². The second-order valence-electron chi connectivity index (χ2n) is 5.52. The number of ether oxygens (including phenoxy) is 1. The second kappa shape index (κ2) is 8.14. The van der Waals surface area contributed by atoms with E-state index in [0.29, 0.717) is 23.6 Å². The third-order valence-corrected chi connectivity index (χ3v) is 3.72. The van der Waals surface area contributed by atoms with E-state index in [1.54, 1.807) is 12.1 Å². The van der Waals surface area contributed by atoms with Crippen LogP contribution in [0.1, 0.15) is 24.0 Å². The summed E-state index contributed by atoms with van der Waals surface area (Å²) in [4.78, 5) is 2.16. The highest BCUT2D eigenvalue weighted by Crippen LogP contribution is 2.18. The van der Waals surface area contributed by atoms with Crippen LogP contribution in [0.5, 0.6) is 0 Å². The van der Waals surface area contributed by atoms with E-state index in [-0.39, 0.29) is 12.4 Å². The Morgan fingerprint density at radius 1 is 1.38 bits per heavy atom. The summed E-state index contributed by atoms with van der Waals surface area (Å²) < 4.78 is 19.4. The molecule has 0 unspecified atom stereocenters. The van der Waals surface area contributed by atoms with Crippen molar-refractivity contribution in [2.45, 2.75) is 19.4 Å². The summed E-state index contributed by atoms with van der Waals surface area (Å²) >= 11 is 0. The Bertz CT molecular complexity index is 515. The van der Waals surface area contributed by atoms with E-state index in [2.05, 4.69) is 16.7 Å². The molecule has 1 aromatic rings. The van der Waals surface area contributed by atoms with E-state index in [1.807, 2.05) is 7.05 Å². The Hall–Kier alpha value is -1.41. The van der Waals surface area contributed by atoms with Crippen LogP contribution in [0.25, 0.3) is 0 Å². The number of rotatable bonds is 4. The number of hydrogen-bond acceptors (Lipinski definition) is 3. The zero-order chi connectivity index (χ0) is 15.1. The first-order valence-corrected chi connectivity index (χ1v) is 7.33. The molecule has 1 heterocycles. The van der Waals surface area contributed by atoms with Gasteiger partial charge >= 0.3 is 0 Å². The van der Waals surface area contributed by atoms with Crippen LogP contribution < -0.4 is 0 Å². The van der Waals surface area contributed by atoms with Gasteiger partial charge in [-0.3, -0.25) is 0 Å². The van der Waals surface area contributed by atoms with E-state index in [1.165, 1.54) is 6.07 Å². The molecule has 0 amide bonds. The van der Waals surface area contributed by atoms with E-state index in [4.69, 9.17) is 9.84 Å². The van der Waals surface area contributed by atoms with Crippen molar-refractivity contribution < 1.29 is 14.2 Å². The first-order valence-electron chi connectivity index (χ1n) is 7.33. The molecule has 1 N–H and O–H groups in total. The fourth-order valence-corrected chi connectivity index (χ4v) is 2.62. The standard InChI is InChI=1S/C17H22FNO2/c1-19(12-15-6-9-21-10-7-15)13-16-5-4-14(3-2-8-20)11-17(16)18/h4-5,11,15,20H,6-10,12-13H2,1H3. The monoisotopic (exact) mass is 291 g/mol. The van der Waals surface area contributed by atoms with Gasteiger partial charge in [0.05, 0.1) is 0 Å². The molecule has 1 aliphatic heterocycles. The Balaban J connectivity index is 1.92. The minimum absolute atomic E-state index is 0.211. The number of halogens is 1. The predicted octanol–water partition coefficient (Wildman–Crippen LogP) is 2.03. The van der Waals surface area contributed by atoms with Crippen LogP contribution in [0.3, 0.4) is 0 Å². The maximum absolute atomic E-state index is 14.0. The number of hydrogen-bond donors (Lipinski definition) is 1. The molecule has 1 saturated heterocycles. The van der Waals surface area contributed by atoms with E-state index >= 15 is 0 Å². The largest absolute Gasteiger partial charge is 0.384 e. The fraction of sp³-hybridized carbons (Fsp3) is 0.529. The summed E-state index contributed by atoms with van der Waals surface area (Å²) in [6.45, 7) is 3.03. The molecule has 0 atom stereocenters. The lowest BCUT2D eigenvalue weighted by atomic mass is 9.99. The van der Waals surface area contributed by atoms with Crippen molar-refractivity contribution in [3.8, 4) is 11.8 Å². The minimum Gasteiger partial charge on any atom is -0.384 e. The Kier molecular flexibility index (Phi) is 6.19. The molecule has 21 heavy (non-hydrogen) atoms. The van der Waals surface area contributed by atoms with E-state index < -0.39 is 0 Å². The lowest BCUT2D eigenvalue weighted by molar-refractivity contribution is 0.0548. The molecule has 0 bridgehead atoms. The van der Waals surface area contributed by atoms with Crippen molar-refractivity contribution in [2.75, 3.05) is 33.4 Å². The molecule has 0 aromatic heterocycles. The molecule has 114 valence electrons. The summed E-state index contributed by atoms with van der Waals surface area (Å²) in [5.41, 5.74) is 1.27. The molecule has 0 aliphatic carbocycles. The lowest BCUT2D eigenvalue weighted by Gasteiger charge is -2.27. The molecule has 0 saturated carbocycles. The quantitative estimate of drug-likeness (QED) is 0.862. The van der Waals surface area contributed by atoms with Gasteiger partial charge < -0.3 is 14.7 Å². The van der Waals surface area contributed by atoms with Crippen LogP contribution in [0, 0.1) is 23.6 Å². The van der Waals surface area contributed by atoms with Gasteiger partial charge in [0.15, 0.2) is 0 Å². The average Bonchev–Trinajstić information content (AvgIpc) is 2.48. The van der Waals surface area contributed by atoms with Crippen molar-refractivity contribution >= 4 is 0 Å². The predicted molar refractivity (Wildman–Crippen MR) is 80.2 cm³/mol. The zero-order valence-corrected chi connectivity index (χ0v) is 12.4. The Morgan fingerprint density at radius 3 is 2.81 bits per heavy atom. The lowest BCUT2D eigenvalue weighted by Crippen LogP contribution is -2.29. The van der Waals surface area contributed by atoms with Gasteiger partial charge in [-0.15, -0.1) is 0 Å². The van der Waals surface area contributed by atoms with Gasteiger partial charge in [-0.2, -0.15) is 0 Å². The van der Waals surface area contributed by atoms with Crippen molar-refractivity contribution in [3.05, 3.63) is 35.1 Å². The normalized spacial score (nSPS) is 15.8. The number of aliphatic hydroxyl groups is 1.